The minimum atomic E-state index is 0.628. The van der Waals surface area contributed by atoms with E-state index in [4.69, 9.17) is 0 Å². The Morgan fingerprint density at radius 2 is 2.06 bits per heavy atom. The number of rotatable bonds is 6. The molecule has 0 aliphatic heterocycles. The zero-order chi connectivity index (χ0) is 12.1. The number of thiophene rings is 1. The summed E-state index contributed by atoms with van der Waals surface area (Å²) in [5, 5.41) is 7.36. The van der Waals surface area contributed by atoms with Crippen molar-refractivity contribution >= 4 is 21.4 Å². The predicted molar refractivity (Wildman–Crippen MR) is 77.9 cm³/mol. The van der Waals surface area contributed by atoms with Crippen molar-refractivity contribution in [1.82, 2.24) is 5.32 Å². The van der Waals surface area contributed by atoms with Crippen molar-refractivity contribution in [1.29, 1.82) is 0 Å². The average Bonchev–Trinajstić information content (AvgIpc) is 2.74. The summed E-state index contributed by atoms with van der Waals surface area (Å²) in [6, 6.07) is 9.35. The average molecular weight is 247 g/mol. The lowest BCUT2D eigenvalue weighted by Gasteiger charge is -2.16. The third-order valence-electron chi connectivity index (χ3n) is 3.16. The Morgan fingerprint density at radius 3 is 2.82 bits per heavy atom. The van der Waals surface area contributed by atoms with Gasteiger partial charge in [-0.1, -0.05) is 38.5 Å². The molecule has 17 heavy (non-hydrogen) atoms. The number of benzene rings is 1. The molecule has 2 heteroatoms. The van der Waals surface area contributed by atoms with Gasteiger partial charge in [-0.15, -0.1) is 11.3 Å². The van der Waals surface area contributed by atoms with E-state index in [1.165, 1.54) is 28.5 Å². The van der Waals surface area contributed by atoms with Gasteiger partial charge in [-0.05, 0) is 41.8 Å². The van der Waals surface area contributed by atoms with E-state index in [1.54, 1.807) is 0 Å². The van der Waals surface area contributed by atoms with E-state index < -0.39 is 0 Å². The van der Waals surface area contributed by atoms with E-state index in [0.717, 1.165) is 13.0 Å². The van der Waals surface area contributed by atoms with Crippen LogP contribution < -0.4 is 5.32 Å². The summed E-state index contributed by atoms with van der Waals surface area (Å²) in [6.45, 7) is 5.51. The van der Waals surface area contributed by atoms with Gasteiger partial charge in [0.25, 0.3) is 0 Å². The SMILES string of the molecule is CCCC(Cc1csc2ccccc12)NCC. The van der Waals surface area contributed by atoms with Crippen LogP contribution in [0.2, 0.25) is 0 Å². The summed E-state index contributed by atoms with van der Waals surface area (Å²) in [4.78, 5) is 0. The van der Waals surface area contributed by atoms with Gasteiger partial charge >= 0.3 is 0 Å². The van der Waals surface area contributed by atoms with Crippen LogP contribution in [-0.4, -0.2) is 12.6 Å². The molecule has 0 fully saturated rings. The van der Waals surface area contributed by atoms with Gasteiger partial charge in [0.2, 0.25) is 0 Å². The Labute approximate surface area is 108 Å². The third kappa shape index (κ3) is 3.08. The quantitative estimate of drug-likeness (QED) is 0.806. The van der Waals surface area contributed by atoms with E-state index >= 15 is 0 Å². The van der Waals surface area contributed by atoms with Crippen LogP contribution in [0.1, 0.15) is 32.3 Å². The highest BCUT2D eigenvalue weighted by molar-refractivity contribution is 7.17. The summed E-state index contributed by atoms with van der Waals surface area (Å²) < 4.78 is 1.41. The fourth-order valence-electron chi connectivity index (χ4n) is 2.37. The van der Waals surface area contributed by atoms with Crippen LogP contribution in [0.3, 0.4) is 0 Å². The van der Waals surface area contributed by atoms with Gasteiger partial charge in [0.05, 0.1) is 0 Å². The topological polar surface area (TPSA) is 12.0 Å². The highest BCUT2D eigenvalue weighted by Crippen LogP contribution is 2.27. The lowest BCUT2D eigenvalue weighted by Crippen LogP contribution is -2.30. The van der Waals surface area contributed by atoms with E-state index in [0.29, 0.717) is 6.04 Å². The van der Waals surface area contributed by atoms with Gasteiger partial charge in [0.1, 0.15) is 0 Å². The van der Waals surface area contributed by atoms with Crippen LogP contribution in [0.5, 0.6) is 0 Å². The van der Waals surface area contributed by atoms with Crippen LogP contribution >= 0.6 is 11.3 Å². The highest BCUT2D eigenvalue weighted by Gasteiger charge is 2.10. The van der Waals surface area contributed by atoms with Crippen molar-refractivity contribution in [3.05, 3.63) is 35.2 Å². The molecule has 2 aromatic rings. The van der Waals surface area contributed by atoms with E-state index in [1.807, 2.05) is 11.3 Å². The minimum absolute atomic E-state index is 0.628. The van der Waals surface area contributed by atoms with Crippen molar-refractivity contribution in [2.24, 2.45) is 0 Å². The normalized spacial score (nSPS) is 13.1. The largest absolute Gasteiger partial charge is 0.314 e. The second-order valence-corrected chi connectivity index (χ2v) is 5.42. The maximum absolute atomic E-state index is 3.59. The highest BCUT2D eigenvalue weighted by atomic mass is 32.1. The number of likely N-dealkylation sites (N-methyl/N-ethyl adjacent to an activating group) is 1. The molecule has 0 radical (unpaired) electrons. The predicted octanol–water partition coefficient (Wildman–Crippen LogP) is 4.22. The van der Waals surface area contributed by atoms with Crippen LogP contribution in [0.15, 0.2) is 29.6 Å². The zero-order valence-electron chi connectivity index (χ0n) is 10.7. The van der Waals surface area contributed by atoms with Crippen molar-refractivity contribution in [2.75, 3.05) is 6.54 Å². The summed E-state index contributed by atoms with van der Waals surface area (Å²) >= 11 is 1.86. The van der Waals surface area contributed by atoms with Crippen molar-refractivity contribution in [3.8, 4) is 0 Å². The smallest absolute Gasteiger partial charge is 0.0345 e. The molecule has 0 amide bonds. The second-order valence-electron chi connectivity index (χ2n) is 4.50. The molecule has 1 nitrogen and oxygen atoms in total. The van der Waals surface area contributed by atoms with Crippen LogP contribution in [-0.2, 0) is 6.42 Å². The molecular formula is C15H21NS. The molecule has 0 spiro atoms. The molecule has 1 atom stereocenters. The number of hydrogen-bond donors (Lipinski definition) is 1. The van der Waals surface area contributed by atoms with Crippen molar-refractivity contribution < 1.29 is 0 Å². The Morgan fingerprint density at radius 1 is 1.24 bits per heavy atom. The molecule has 2 rings (SSSR count). The maximum atomic E-state index is 3.59. The number of nitrogens with one attached hydrogen (secondary N) is 1. The lowest BCUT2D eigenvalue weighted by atomic mass is 10.0. The van der Waals surface area contributed by atoms with Gasteiger partial charge < -0.3 is 5.32 Å². The lowest BCUT2D eigenvalue weighted by molar-refractivity contribution is 0.487. The Hall–Kier alpha value is -0.860. The zero-order valence-corrected chi connectivity index (χ0v) is 11.5. The molecular weight excluding hydrogens is 226 g/mol. The molecule has 0 saturated heterocycles. The first-order chi connectivity index (χ1) is 8.35. The monoisotopic (exact) mass is 247 g/mol. The molecule has 1 N–H and O–H groups in total. The molecule has 0 aliphatic carbocycles. The Balaban J connectivity index is 2.15. The third-order valence-corrected chi connectivity index (χ3v) is 4.17. The van der Waals surface area contributed by atoms with Crippen molar-refractivity contribution in [3.63, 3.8) is 0 Å². The first-order valence-corrected chi connectivity index (χ1v) is 7.41. The maximum Gasteiger partial charge on any atom is 0.0345 e. The summed E-state index contributed by atoms with van der Waals surface area (Å²) in [5.41, 5.74) is 1.50. The fourth-order valence-corrected chi connectivity index (χ4v) is 3.35. The summed E-state index contributed by atoms with van der Waals surface area (Å²) in [7, 11) is 0. The van der Waals surface area contributed by atoms with Crippen LogP contribution in [0.4, 0.5) is 0 Å². The first kappa shape index (κ1) is 12.6. The molecule has 1 aromatic carbocycles. The first-order valence-electron chi connectivity index (χ1n) is 6.53. The molecule has 0 aliphatic rings. The number of hydrogen-bond acceptors (Lipinski definition) is 2. The van der Waals surface area contributed by atoms with Crippen molar-refractivity contribution in [2.45, 2.75) is 39.2 Å². The molecule has 1 unspecified atom stereocenters. The van der Waals surface area contributed by atoms with Crippen LogP contribution in [0.25, 0.3) is 10.1 Å². The van der Waals surface area contributed by atoms with E-state index in [-0.39, 0.29) is 0 Å². The van der Waals surface area contributed by atoms with Gasteiger partial charge in [0.15, 0.2) is 0 Å². The second kappa shape index (κ2) is 6.18. The van der Waals surface area contributed by atoms with Gasteiger partial charge in [0, 0.05) is 10.7 Å². The molecule has 1 heterocycles. The standard InChI is InChI=1S/C15H21NS/c1-3-7-13(16-4-2)10-12-11-17-15-9-6-5-8-14(12)15/h5-6,8-9,11,13,16H,3-4,7,10H2,1-2H3. The Bertz CT molecular complexity index is 455. The van der Waals surface area contributed by atoms with E-state index in [2.05, 4.69) is 48.8 Å². The van der Waals surface area contributed by atoms with E-state index in [9.17, 15) is 0 Å². The van der Waals surface area contributed by atoms with Crippen LogP contribution in [0, 0.1) is 0 Å². The molecule has 0 bridgehead atoms. The van der Waals surface area contributed by atoms with Gasteiger partial charge in [-0.2, -0.15) is 0 Å². The minimum Gasteiger partial charge on any atom is -0.314 e. The summed E-state index contributed by atoms with van der Waals surface area (Å²) in [6.07, 6.45) is 3.67. The van der Waals surface area contributed by atoms with Gasteiger partial charge in [-0.3, -0.25) is 0 Å². The molecule has 1 aromatic heterocycles. The number of fused-ring (bicyclic) bond motifs is 1. The Kier molecular flexibility index (Phi) is 4.57. The molecule has 0 saturated carbocycles. The van der Waals surface area contributed by atoms with Gasteiger partial charge in [-0.25, -0.2) is 0 Å². The summed E-state index contributed by atoms with van der Waals surface area (Å²) in [5.74, 6) is 0. The molecule has 92 valence electrons. The fraction of sp³-hybridized carbons (Fsp3) is 0.467.